The lowest BCUT2D eigenvalue weighted by Gasteiger charge is -2.23. The molecule has 1 aromatic heterocycles. The number of benzene rings is 1. The largest absolute Gasteiger partial charge is 0.337 e. The van der Waals surface area contributed by atoms with Crippen LogP contribution in [0, 0.1) is 0 Å². The predicted octanol–water partition coefficient (Wildman–Crippen LogP) is 3.90. The Hall–Kier alpha value is -2.43. The third kappa shape index (κ3) is 4.31. The van der Waals surface area contributed by atoms with Gasteiger partial charge in [0.2, 0.25) is 0 Å². The second kappa shape index (κ2) is 9.01. The van der Waals surface area contributed by atoms with Crippen LogP contribution in [0.4, 0.5) is 11.5 Å². The Balaban J connectivity index is 2.18. The Morgan fingerprint density at radius 2 is 1.62 bits per heavy atom. The molecular formula is C19H26N4O. The van der Waals surface area contributed by atoms with Crippen molar-refractivity contribution in [3.63, 3.8) is 0 Å². The summed E-state index contributed by atoms with van der Waals surface area (Å²) in [6.07, 6.45) is 5.14. The number of amides is 1. The van der Waals surface area contributed by atoms with Gasteiger partial charge in [-0.25, -0.2) is 9.97 Å². The second-order valence-corrected chi connectivity index (χ2v) is 5.63. The molecule has 24 heavy (non-hydrogen) atoms. The first kappa shape index (κ1) is 17.9. The molecular weight excluding hydrogens is 300 g/mol. The maximum absolute atomic E-state index is 12.6. The van der Waals surface area contributed by atoms with Crippen LogP contribution in [0.1, 0.15) is 44.1 Å². The van der Waals surface area contributed by atoms with Crippen LogP contribution in [0.2, 0.25) is 0 Å². The molecule has 1 heterocycles. The van der Waals surface area contributed by atoms with Crippen LogP contribution in [0.5, 0.6) is 0 Å². The highest BCUT2D eigenvalue weighted by molar-refractivity contribution is 5.92. The van der Waals surface area contributed by atoms with E-state index in [0.29, 0.717) is 5.69 Å². The summed E-state index contributed by atoms with van der Waals surface area (Å²) in [5.74, 6) is 0.707. The molecule has 0 unspecified atom stereocenters. The van der Waals surface area contributed by atoms with E-state index >= 15 is 0 Å². The quantitative estimate of drug-likeness (QED) is 0.738. The van der Waals surface area contributed by atoms with Gasteiger partial charge in [-0.2, -0.15) is 0 Å². The third-order valence-electron chi connectivity index (χ3n) is 3.79. The van der Waals surface area contributed by atoms with Crippen LogP contribution in [0.15, 0.2) is 42.7 Å². The van der Waals surface area contributed by atoms with E-state index in [0.717, 1.165) is 44.0 Å². The summed E-state index contributed by atoms with van der Waals surface area (Å²) in [7, 11) is 0. The summed E-state index contributed by atoms with van der Waals surface area (Å²) in [5.41, 5.74) is 1.47. The van der Waals surface area contributed by atoms with Crippen LogP contribution in [0.3, 0.4) is 0 Å². The van der Waals surface area contributed by atoms with E-state index in [1.807, 2.05) is 35.2 Å². The van der Waals surface area contributed by atoms with Gasteiger partial charge in [0.15, 0.2) is 5.82 Å². The van der Waals surface area contributed by atoms with Gasteiger partial charge in [-0.05, 0) is 31.9 Å². The molecule has 0 fully saturated rings. The fourth-order valence-corrected chi connectivity index (χ4v) is 2.67. The van der Waals surface area contributed by atoms with Gasteiger partial charge in [-0.15, -0.1) is 0 Å². The average molecular weight is 326 g/mol. The Morgan fingerprint density at radius 3 is 2.12 bits per heavy atom. The summed E-state index contributed by atoms with van der Waals surface area (Å²) >= 11 is 0. The number of rotatable bonds is 8. The molecule has 0 saturated carbocycles. The zero-order chi connectivity index (χ0) is 17.4. The van der Waals surface area contributed by atoms with Gasteiger partial charge in [0, 0.05) is 25.3 Å². The van der Waals surface area contributed by atoms with Crippen molar-refractivity contribution in [1.29, 1.82) is 0 Å². The number of aromatic nitrogens is 2. The summed E-state index contributed by atoms with van der Waals surface area (Å²) in [6.45, 7) is 8.50. The van der Waals surface area contributed by atoms with Gasteiger partial charge < -0.3 is 9.80 Å². The minimum Gasteiger partial charge on any atom is -0.337 e. The minimum atomic E-state index is -0.0412. The van der Waals surface area contributed by atoms with Crippen LogP contribution in [-0.2, 0) is 0 Å². The molecule has 0 bridgehead atoms. The molecule has 0 N–H and O–H groups in total. The zero-order valence-electron chi connectivity index (χ0n) is 14.8. The lowest BCUT2D eigenvalue weighted by atomic mass is 10.3. The van der Waals surface area contributed by atoms with E-state index in [9.17, 15) is 4.79 Å². The zero-order valence-corrected chi connectivity index (χ0v) is 14.8. The maximum Gasteiger partial charge on any atom is 0.274 e. The molecule has 0 spiro atoms. The molecule has 0 radical (unpaired) electrons. The average Bonchev–Trinajstić information content (AvgIpc) is 2.63. The van der Waals surface area contributed by atoms with Gasteiger partial charge in [0.05, 0.1) is 12.4 Å². The SMILES string of the molecule is CCCN(CCC)C(=O)c1cnc(N(CC)c2ccccc2)cn1. The highest BCUT2D eigenvalue weighted by atomic mass is 16.2. The van der Waals surface area contributed by atoms with E-state index in [1.54, 1.807) is 12.4 Å². The number of carbonyl (C=O) groups excluding carboxylic acids is 1. The molecule has 0 aliphatic carbocycles. The summed E-state index contributed by atoms with van der Waals surface area (Å²) in [5, 5.41) is 0. The molecule has 1 amide bonds. The van der Waals surface area contributed by atoms with Crippen molar-refractivity contribution in [2.75, 3.05) is 24.5 Å². The van der Waals surface area contributed by atoms with Crippen LogP contribution < -0.4 is 4.90 Å². The molecule has 1 aromatic carbocycles. The molecule has 5 nitrogen and oxygen atoms in total. The molecule has 0 aliphatic rings. The molecule has 0 saturated heterocycles. The molecule has 128 valence electrons. The standard InChI is InChI=1S/C19H26N4O/c1-4-12-22(13-5-2)19(24)17-14-21-18(15-20-17)23(6-3)16-10-8-7-9-11-16/h7-11,14-15H,4-6,12-13H2,1-3H3. The Labute approximate surface area is 144 Å². The number of carbonyl (C=O) groups is 1. The van der Waals surface area contributed by atoms with Crippen molar-refractivity contribution in [3.8, 4) is 0 Å². The normalized spacial score (nSPS) is 10.5. The summed E-state index contributed by atoms with van der Waals surface area (Å²) in [4.78, 5) is 25.3. The smallest absolute Gasteiger partial charge is 0.274 e. The first-order chi connectivity index (χ1) is 11.7. The predicted molar refractivity (Wildman–Crippen MR) is 97.6 cm³/mol. The van der Waals surface area contributed by atoms with Crippen LogP contribution >= 0.6 is 0 Å². The third-order valence-corrected chi connectivity index (χ3v) is 3.79. The topological polar surface area (TPSA) is 49.3 Å². The van der Waals surface area contributed by atoms with Gasteiger partial charge in [0.1, 0.15) is 5.69 Å². The lowest BCUT2D eigenvalue weighted by molar-refractivity contribution is 0.0749. The van der Waals surface area contributed by atoms with Crippen molar-refractivity contribution in [3.05, 3.63) is 48.4 Å². The first-order valence-electron chi connectivity index (χ1n) is 8.65. The number of hydrogen-bond donors (Lipinski definition) is 0. The monoisotopic (exact) mass is 326 g/mol. The number of anilines is 2. The van der Waals surface area contributed by atoms with Gasteiger partial charge >= 0.3 is 0 Å². The Kier molecular flexibility index (Phi) is 6.73. The van der Waals surface area contributed by atoms with E-state index in [1.165, 1.54) is 0 Å². The first-order valence-corrected chi connectivity index (χ1v) is 8.65. The molecule has 0 aliphatic heterocycles. The fourth-order valence-electron chi connectivity index (χ4n) is 2.67. The van der Waals surface area contributed by atoms with Gasteiger partial charge in [-0.1, -0.05) is 32.0 Å². The highest BCUT2D eigenvalue weighted by Crippen LogP contribution is 2.22. The maximum atomic E-state index is 12.6. The highest BCUT2D eigenvalue weighted by Gasteiger charge is 2.17. The van der Waals surface area contributed by atoms with E-state index in [4.69, 9.17) is 0 Å². The second-order valence-electron chi connectivity index (χ2n) is 5.63. The van der Waals surface area contributed by atoms with E-state index in [2.05, 4.69) is 35.6 Å². The van der Waals surface area contributed by atoms with Crippen LogP contribution in [0.25, 0.3) is 0 Å². The molecule has 2 aromatic rings. The minimum absolute atomic E-state index is 0.0412. The van der Waals surface area contributed by atoms with Gasteiger partial charge in [-0.3, -0.25) is 4.79 Å². The van der Waals surface area contributed by atoms with E-state index < -0.39 is 0 Å². The number of hydrogen-bond acceptors (Lipinski definition) is 4. The molecule has 0 atom stereocenters. The van der Waals surface area contributed by atoms with Crippen molar-refractivity contribution in [2.45, 2.75) is 33.6 Å². The van der Waals surface area contributed by atoms with E-state index in [-0.39, 0.29) is 5.91 Å². The Morgan fingerprint density at radius 1 is 0.958 bits per heavy atom. The van der Waals surface area contributed by atoms with Crippen LogP contribution in [-0.4, -0.2) is 40.4 Å². The summed E-state index contributed by atoms with van der Waals surface area (Å²) in [6, 6.07) is 10.1. The molecule has 5 heteroatoms. The number of para-hydroxylation sites is 1. The Bertz CT molecular complexity index is 622. The van der Waals surface area contributed by atoms with Gasteiger partial charge in [0.25, 0.3) is 5.91 Å². The molecule has 2 rings (SSSR count). The van der Waals surface area contributed by atoms with Crippen molar-refractivity contribution in [1.82, 2.24) is 14.9 Å². The summed E-state index contributed by atoms with van der Waals surface area (Å²) < 4.78 is 0. The van der Waals surface area contributed by atoms with Crippen molar-refractivity contribution >= 4 is 17.4 Å². The fraction of sp³-hybridized carbons (Fsp3) is 0.421. The van der Waals surface area contributed by atoms with Crippen molar-refractivity contribution < 1.29 is 4.79 Å². The number of nitrogens with zero attached hydrogens (tertiary/aromatic N) is 4. The lowest BCUT2D eigenvalue weighted by Crippen LogP contribution is -2.33. The van der Waals surface area contributed by atoms with Crippen molar-refractivity contribution in [2.24, 2.45) is 0 Å².